The molecular formula is C12H16FN5O2S. The molecule has 1 heterocycles. The first-order valence-electron chi connectivity index (χ1n) is 6.19. The lowest BCUT2D eigenvalue weighted by atomic mass is 10.2. The van der Waals surface area contributed by atoms with Gasteiger partial charge in [0.2, 0.25) is 10.0 Å². The van der Waals surface area contributed by atoms with E-state index in [1.165, 1.54) is 18.5 Å². The van der Waals surface area contributed by atoms with Gasteiger partial charge in [0.25, 0.3) is 0 Å². The monoisotopic (exact) mass is 313 g/mol. The molecule has 2 rings (SSSR count). The van der Waals surface area contributed by atoms with E-state index in [0.29, 0.717) is 11.4 Å². The SMILES string of the molecule is CNCc1cc(S(=O)(=O)NCc2nncn2C)ccc1F. The van der Waals surface area contributed by atoms with E-state index in [2.05, 4.69) is 20.2 Å². The lowest BCUT2D eigenvalue weighted by Gasteiger charge is -2.09. The molecule has 21 heavy (non-hydrogen) atoms. The number of hydrogen-bond acceptors (Lipinski definition) is 5. The molecule has 0 amide bonds. The summed E-state index contributed by atoms with van der Waals surface area (Å²) in [6.07, 6.45) is 1.48. The van der Waals surface area contributed by atoms with Crippen LogP contribution in [-0.2, 0) is 30.2 Å². The molecule has 0 radical (unpaired) electrons. The fourth-order valence-corrected chi connectivity index (χ4v) is 2.78. The molecule has 0 aliphatic rings. The molecule has 0 fully saturated rings. The van der Waals surface area contributed by atoms with E-state index in [9.17, 15) is 12.8 Å². The quantitative estimate of drug-likeness (QED) is 0.792. The van der Waals surface area contributed by atoms with Crippen molar-refractivity contribution >= 4 is 10.0 Å². The maximum Gasteiger partial charge on any atom is 0.240 e. The zero-order valence-electron chi connectivity index (χ0n) is 11.7. The predicted molar refractivity (Wildman–Crippen MR) is 74.2 cm³/mol. The highest BCUT2D eigenvalue weighted by Crippen LogP contribution is 2.15. The Morgan fingerprint density at radius 2 is 2.10 bits per heavy atom. The first-order chi connectivity index (χ1) is 9.94. The van der Waals surface area contributed by atoms with Crippen LogP contribution in [0.2, 0.25) is 0 Å². The fourth-order valence-electron chi connectivity index (χ4n) is 1.75. The molecule has 7 nitrogen and oxygen atoms in total. The Morgan fingerprint density at radius 1 is 1.33 bits per heavy atom. The molecule has 9 heteroatoms. The second-order valence-corrected chi connectivity index (χ2v) is 6.23. The van der Waals surface area contributed by atoms with Crippen LogP contribution in [0.15, 0.2) is 29.4 Å². The van der Waals surface area contributed by atoms with E-state index in [0.717, 1.165) is 6.07 Å². The van der Waals surface area contributed by atoms with Crippen molar-refractivity contribution < 1.29 is 12.8 Å². The summed E-state index contributed by atoms with van der Waals surface area (Å²) >= 11 is 0. The van der Waals surface area contributed by atoms with Crippen LogP contribution in [0.25, 0.3) is 0 Å². The molecule has 2 aromatic rings. The maximum atomic E-state index is 13.5. The summed E-state index contributed by atoms with van der Waals surface area (Å²) in [4.78, 5) is 0.0105. The number of aromatic nitrogens is 3. The molecular weight excluding hydrogens is 297 g/mol. The van der Waals surface area contributed by atoms with Crippen LogP contribution in [0.4, 0.5) is 4.39 Å². The fraction of sp³-hybridized carbons (Fsp3) is 0.333. The van der Waals surface area contributed by atoms with Crippen LogP contribution in [0.5, 0.6) is 0 Å². The number of aryl methyl sites for hydroxylation is 1. The molecule has 0 unspecified atom stereocenters. The van der Waals surface area contributed by atoms with E-state index in [4.69, 9.17) is 0 Å². The molecule has 0 atom stereocenters. The van der Waals surface area contributed by atoms with Gasteiger partial charge in [0.1, 0.15) is 18.0 Å². The van der Waals surface area contributed by atoms with Gasteiger partial charge in [-0.2, -0.15) is 0 Å². The van der Waals surface area contributed by atoms with Gasteiger partial charge in [0, 0.05) is 19.2 Å². The number of nitrogens with zero attached hydrogens (tertiary/aromatic N) is 3. The normalized spacial score (nSPS) is 11.8. The second kappa shape index (κ2) is 6.29. The van der Waals surface area contributed by atoms with Crippen molar-refractivity contribution in [3.8, 4) is 0 Å². The minimum absolute atomic E-state index is 0.0105. The third-order valence-electron chi connectivity index (χ3n) is 2.92. The van der Waals surface area contributed by atoms with Gasteiger partial charge in [-0.25, -0.2) is 17.5 Å². The summed E-state index contributed by atoms with van der Waals surface area (Å²) in [6.45, 7) is 0.260. The zero-order valence-corrected chi connectivity index (χ0v) is 12.5. The Hall–Kier alpha value is -1.84. The third kappa shape index (κ3) is 3.63. The summed E-state index contributed by atoms with van der Waals surface area (Å²) in [5.74, 6) is 0.0349. The second-order valence-electron chi connectivity index (χ2n) is 4.47. The van der Waals surface area contributed by atoms with Gasteiger partial charge < -0.3 is 9.88 Å². The van der Waals surface area contributed by atoms with Gasteiger partial charge in [0.05, 0.1) is 11.4 Å². The highest BCUT2D eigenvalue weighted by atomic mass is 32.2. The Morgan fingerprint density at radius 3 is 2.71 bits per heavy atom. The molecule has 2 N–H and O–H groups in total. The molecule has 114 valence electrons. The van der Waals surface area contributed by atoms with Crippen LogP contribution in [0.3, 0.4) is 0 Å². The van der Waals surface area contributed by atoms with Crippen LogP contribution >= 0.6 is 0 Å². The number of nitrogens with one attached hydrogen (secondary N) is 2. The van der Waals surface area contributed by atoms with Crippen molar-refractivity contribution in [3.05, 3.63) is 41.7 Å². The summed E-state index contributed by atoms with van der Waals surface area (Å²) in [5.41, 5.74) is 0.291. The van der Waals surface area contributed by atoms with Crippen LogP contribution < -0.4 is 10.0 Å². The molecule has 0 aliphatic carbocycles. The topological polar surface area (TPSA) is 88.9 Å². The van der Waals surface area contributed by atoms with E-state index >= 15 is 0 Å². The van der Waals surface area contributed by atoms with E-state index in [1.54, 1.807) is 18.7 Å². The van der Waals surface area contributed by atoms with Gasteiger partial charge in [0.15, 0.2) is 0 Å². The average Bonchev–Trinajstić information content (AvgIpc) is 2.85. The molecule has 1 aromatic carbocycles. The summed E-state index contributed by atoms with van der Waals surface area (Å²) in [5, 5.41) is 10.2. The van der Waals surface area contributed by atoms with Crippen LogP contribution in [0, 0.1) is 5.82 Å². The zero-order chi connectivity index (χ0) is 15.5. The minimum Gasteiger partial charge on any atom is -0.320 e. The van der Waals surface area contributed by atoms with Gasteiger partial charge in [-0.05, 0) is 25.2 Å². The first-order valence-corrected chi connectivity index (χ1v) is 7.68. The van der Waals surface area contributed by atoms with Gasteiger partial charge in [-0.15, -0.1) is 10.2 Å². The van der Waals surface area contributed by atoms with E-state index in [-0.39, 0.29) is 18.0 Å². The number of rotatable bonds is 6. The first kappa shape index (κ1) is 15.5. The molecule has 1 aromatic heterocycles. The number of sulfonamides is 1. The number of hydrogen-bond donors (Lipinski definition) is 2. The van der Waals surface area contributed by atoms with Crippen LogP contribution in [0.1, 0.15) is 11.4 Å². The summed E-state index contributed by atoms with van der Waals surface area (Å²) < 4.78 is 41.9. The van der Waals surface area contributed by atoms with Crippen molar-refractivity contribution in [2.45, 2.75) is 18.0 Å². The van der Waals surface area contributed by atoms with Crippen molar-refractivity contribution in [2.24, 2.45) is 7.05 Å². The van der Waals surface area contributed by atoms with Crippen molar-refractivity contribution in [3.63, 3.8) is 0 Å². The largest absolute Gasteiger partial charge is 0.320 e. The Labute approximate surface area is 122 Å². The number of benzene rings is 1. The molecule has 0 saturated carbocycles. The standard InChI is InChI=1S/C12H16FN5O2S/c1-14-6-9-5-10(3-4-11(9)13)21(19,20)16-7-12-17-15-8-18(12)2/h3-5,8,14,16H,6-7H2,1-2H3. The van der Waals surface area contributed by atoms with Gasteiger partial charge in [-0.1, -0.05) is 0 Å². The molecule has 0 saturated heterocycles. The van der Waals surface area contributed by atoms with E-state index < -0.39 is 15.8 Å². The Balaban J connectivity index is 2.19. The Kier molecular flexibility index (Phi) is 4.66. The van der Waals surface area contributed by atoms with Crippen molar-refractivity contribution in [1.82, 2.24) is 24.8 Å². The lowest BCUT2D eigenvalue weighted by molar-refractivity contribution is 0.574. The van der Waals surface area contributed by atoms with E-state index in [1.807, 2.05) is 0 Å². The lowest BCUT2D eigenvalue weighted by Crippen LogP contribution is -2.25. The van der Waals surface area contributed by atoms with Crippen LogP contribution in [-0.4, -0.2) is 30.2 Å². The van der Waals surface area contributed by atoms with Gasteiger partial charge >= 0.3 is 0 Å². The predicted octanol–water partition coefficient (Wildman–Crippen LogP) is 0.152. The number of halogens is 1. The highest BCUT2D eigenvalue weighted by Gasteiger charge is 2.17. The smallest absolute Gasteiger partial charge is 0.240 e. The average molecular weight is 313 g/mol. The summed E-state index contributed by atoms with van der Waals surface area (Å²) in [6, 6.07) is 3.68. The molecule has 0 aliphatic heterocycles. The Bertz CT molecular complexity index is 729. The highest BCUT2D eigenvalue weighted by molar-refractivity contribution is 7.89. The molecule has 0 spiro atoms. The van der Waals surface area contributed by atoms with Crippen molar-refractivity contribution in [2.75, 3.05) is 7.05 Å². The van der Waals surface area contributed by atoms with Gasteiger partial charge in [-0.3, -0.25) is 0 Å². The maximum absolute atomic E-state index is 13.5. The third-order valence-corrected chi connectivity index (χ3v) is 4.32. The summed E-state index contributed by atoms with van der Waals surface area (Å²) in [7, 11) is -0.362. The van der Waals surface area contributed by atoms with Crippen molar-refractivity contribution in [1.29, 1.82) is 0 Å². The minimum atomic E-state index is -3.74. The molecule has 0 bridgehead atoms.